The highest BCUT2D eigenvalue weighted by atomic mass is 16.5. The van der Waals surface area contributed by atoms with Crippen LogP contribution in [0.1, 0.15) is 41.8 Å². The maximum atomic E-state index is 11.8. The van der Waals surface area contributed by atoms with Crippen LogP contribution in [-0.4, -0.2) is 63.1 Å². The number of H-pyrrole nitrogens is 2. The van der Waals surface area contributed by atoms with Crippen molar-refractivity contribution in [1.29, 1.82) is 0 Å². The minimum atomic E-state index is -0.213. The van der Waals surface area contributed by atoms with Gasteiger partial charge in [-0.2, -0.15) is 0 Å². The highest BCUT2D eigenvalue weighted by Crippen LogP contribution is 2.38. The molecule has 0 atom stereocenters. The van der Waals surface area contributed by atoms with E-state index in [4.69, 9.17) is 9.72 Å². The van der Waals surface area contributed by atoms with E-state index in [9.17, 15) is 4.79 Å². The number of rotatable bonds is 6. The zero-order chi connectivity index (χ0) is 27.9. The molecule has 204 valence electrons. The molecule has 0 radical (unpaired) electrons. The molecule has 1 aliphatic heterocycles. The van der Waals surface area contributed by atoms with Crippen molar-refractivity contribution in [2.75, 3.05) is 32.1 Å². The molecule has 6 rings (SSSR count). The van der Waals surface area contributed by atoms with Crippen molar-refractivity contribution in [3.05, 3.63) is 72.2 Å². The maximum Gasteiger partial charge on any atom is 0.269 e. The van der Waals surface area contributed by atoms with Gasteiger partial charge in [-0.3, -0.25) is 9.78 Å². The quantitative estimate of drug-likeness (QED) is 0.289. The summed E-state index contributed by atoms with van der Waals surface area (Å²) in [6, 6.07) is 13.7. The lowest BCUT2D eigenvalue weighted by Crippen LogP contribution is -2.42. The second kappa shape index (κ2) is 10.1. The second-order valence-corrected chi connectivity index (χ2v) is 10.5. The summed E-state index contributed by atoms with van der Waals surface area (Å²) in [5.41, 5.74) is 5.90. The van der Waals surface area contributed by atoms with Gasteiger partial charge in [0.25, 0.3) is 5.91 Å². The standard InChI is InChI=1S/C30H32N8O2/c1-18-25(19-6-5-7-21(14-19)40-4)37-29(35-18)30(2)10-12-38(13-11-30)27-22-15-24(36-26(22)33-17-34-27)20-8-9-23(32-16-20)28(39)31-3/h5-9,14-17H,10-13H2,1-4H3,(H,31,39)(H,35,37)(H,33,34,36). The fourth-order valence-electron chi connectivity index (χ4n) is 5.40. The largest absolute Gasteiger partial charge is 0.497 e. The fourth-order valence-corrected chi connectivity index (χ4v) is 5.40. The van der Waals surface area contributed by atoms with E-state index in [0.717, 1.165) is 82.6 Å². The average Bonchev–Trinajstić information content (AvgIpc) is 3.61. The van der Waals surface area contributed by atoms with Crippen molar-refractivity contribution in [3.8, 4) is 28.3 Å². The minimum absolute atomic E-state index is 0.0774. The first-order chi connectivity index (χ1) is 19.4. The van der Waals surface area contributed by atoms with Gasteiger partial charge in [-0.05, 0) is 50.1 Å². The van der Waals surface area contributed by atoms with Crippen molar-refractivity contribution >= 4 is 22.8 Å². The van der Waals surface area contributed by atoms with E-state index in [1.54, 1.807) is 32.7 Å². The first-order valence-electron chi connectivity index (χ1n) is 13.4. The smallest absolute Gasteiger partial charge is 0.269 e. The summed E-state index contributed by atoms with van der Waals surface area (Å²) in [5.74, 6) is 2.54. The van der Waals surface area contributed by atoms with E-state index in [1.807, 2.05) is 24.3 Å². The van der Waals surface area contributed by atoms with Gasteiger partial charge in [0.15, 0.2) is 0 Å². The summed E-state index contributed by atoms with van der Waals surface area (Å²) in [7, 11) is 3.27. The fraction of sp³-hybridized carbons (Fsp3) is 0.300. The third-order valence-electron chi connectivity index (χ3n) is 7.90. The number of methoxy groups -OCH3 is 1. The van der Waals surface area contributed by atoms with Crippen LogP contribution in [0.15, 0.2) is 55.0 Å². The number of pyridine rings is 1. The van der Waals surface area contributed by atoms with E-state index < -0.39 is 0 Å². The maximum absolute atomic E-state index is 11.8. The monoisotopic (exact) mass is 536 g/mol. The van der Waals surface area contributed by atoms with Crippen LogP contribution in [0.25, 0.3) is 33.5 Å². The van der Waals surface area contributed by atoms with Gasteiger partial charge >= 0.3 is 0 Å². The third-order valence-corrected chi connectivity index (χ3v) is 7.90. The van der Waals surface area contributed by atoms with Crippen molar-refractivity contribution in [2.24, 2.45) is 0 Å². The second-order valence-electron chi connectivity index (χ2n) is 10.5. The Morgan fingerprint density at radius 3 is 2.60 bits per heavy atom. The minimum Gasteiger partial charge on any atom is -0.497 e. The molecule has 3 N–H and O–H groups in total. The molecule has 1 aromatic carbocycles. The van der Waals surface area contributed by atoms with Gasteiger partial charge in [0.2, 0.25) is 0 Å². The predicted molar refractivity (Wildman–Crippen MR) is 155 cm³/mol. The van der Waals surface area contributed by atoms with Crippen LogP contribution in [0, 0.1) is 6.92 Å². The molecule has 1 amide bonds. The summed E-state index contributed by atoms with van der Waals surface area (Å²) < 4.78 is 5.41. The Balaban J connectivity index is 1.22. The Hall–Kier alpha value is -4.73. The number of benzene rings is 1. The van der Waals surface area contributed by atoms with E-state index in [-0.39, 0.29) is 11.3 Å². The van der Waals surface area contributed by atoms with Crippen LogP contribution in [0.4, 0.5) is 5.82 Å². The highest BCUT2D eigenvalue weighted by molar-refractivity contribution is 5.93. The number of nitrogens with zero attached hydrogens (tertiary/aromatic N) is 5. The normalized spacial score (nSPS) is 14.8. The molecule has 10 heteroatoms. The third kappa shape index (κ3) is 4.55. The molecule has 0 spiro atoms. The molecule has 0 aliphatic carbocycles. The lowest BCUT2D eigenvalue weighted by Gasteiger charge is -2.38. The van der Waals surface area contributed by atoms with E-state index in [0.29, 0.717) is 5.69 Å². The Bertz CT molecular complexity index is 1680. The molecular formula is C30H32N8O2. The Morgan fingerprint density at radius 2 is 1.88 bits per heavy atom. The van der Waals surface area contributed by atoms with Gasteiger partial charge in [-0.25, -0.2) is 15.0 Å². The van der Waals surface area contributed by atoms with Crippen molar-refractivity contribution in [1.82, 2.24) is 35.2 Å². The Kier molecular flexibility index (Phi) is 6.45. The number of imidazole rings is 1. The number of aromatic nitrogens is 6. The molecule has 1 fully saturated rings. The summed E-state index contributed by atoms with van der Waals surface area (Å²) in [6.45, 7) is 6.06. The number of nitrogens with one attached hydrogen (secondary N) is 3. The zero-order valence-electron chi connectivity index (χ0n) is 23.1. The SMILES string of the molecule is CNC(=O)c1ccc(-c2cc3c(N4CCC(C)(c5nc(-c6cccc(OC)c6)c(C)[nH]5)CC4)ncnc3[nH]2)cn1. The van der Waals surface area contributed by atoms with Crippen LogP contribution >= 0.6 is 0 Å². The van der Waals surface area contributed by atoms with Gasteiger partial charge in [0.1, 0.15) is 35.1 Å². The number of aryl methyl sites for hydroxylation is 1. The van der Waals surface area contributed by atoms with Crippen LogP contribution in [0.2, 0.25) is 0 Å². The van der Waals surface area contributed by atoms with Crippen molar-refractivity contribution in [3.63, 3.8) is 0 Å². The number of hydrogen-bond donors (Lipinski definition) is 3. The van der Waals surface area contributed by atoms with Gasteiger partial charge < -0.3 is 24.9 Å². The molecule has 5 heterocycles. The molecule has 0 bridgehead atoms. The predicted octanol–water partition coefficient (Wildman–Crippen LogP) is 4.64. The molecule has 5 aromatic rings. The highest BCUT2D eigenvalue weighted by Gasteiger charge is 2.36. The number of hydrogen-bond acceptors (Lipinski definition) is 7. The Morgan fingerprint density at radius 1 is 1.05 bits per heavy atom. The number of ether oxygens (including phenoxy) is 1. The van der Waals surface area contributed by atoms with E-state index in [2.05, 4.69) is 61.1 Å². The molecule has 40 heavy (non-hydrogen) atoms. The van der Waals surface area contributed by atoms with Gasteiger partial charge in [0, 0.05) is 54.3 Å². The lowest BCUT2D eigenvalue weighted by molar-refractivity contribution is 0.0958. The number of carbonyl (C=O) groups excluding carboxylic acids is 1. The molecule has 0 saturated carbocycles. The number of aromatic amines is 2. The van der Waals surface area contributed by atoms with Crippen molar-refractivity contribution in [2.45, 2.75) is 32.1 Å². The molecule has 1 saturated heterocycles. The molecule has 0 unspecified atom stereocenters. The molecular weight excluding hydrogens is 504 g/mol. The zero-order valence-corrected chi connectivity index (χ0v) is 23.1. The summed E-state index contributed by atoms with van der Waals surface area (Å²) in [4.78, 5) is 39.6. The lowest BCUT2D eigenvalue weighted by atomic mass is 9.79. The Labute approximate surface area is 232 Å². The van der Waals surface area contributed by atoms with Crippen LogP contribution in [0.5, 0.6) is 5.75 Å². The van der Waals surface area contributed by atoms with E-state index in [1.165, 1.54) is 0 Å². The van der Waals surface area contributed by atoms with Crippen molar-refractivity contribution < 1.29 is 9.53 Å². The topological polar surface area (TPSA) is 125 Å². The number of fused-ring (bicyclic) bond motifs is 1. The number of piperidine rings is 1. The summed E-state index contributed by atoms with van der Waals surface area (Å²) in [6.07, 6.45) is 5.17. The number of carbonyl (C=O) groups is 1. The number of anilines is 1. The molecule has 4 aromatic heterocycles. The van der Waals surface area contributed by atoms with Crippen LogP contribution < -0.4 is 15.0 Å². The van der Waals surface area contributed by atoms with Crippen LogP contribution in [0.3, 0.4) is 0 Å². The summed E-state index contributed by atoms with van der Waals surface area (Å²) in [5, 5.41) is 3.56. The van der Waals surface area contributed by atoms with Crippen LogP contribution in [-0.2, 0) is 5.41 Å². The van der Waals surface area contributed by atoms with E-state index >= 15 is 0 Å². The van der Waals surface area contributed by atoms with Gasteiger partial charge in [-0.15, -0.1) is 0 Å². The average molecular weight is 537 g/mol. The van der Waals surface area contributed by atoms with Gasteiger partial charge in [-0.1, -0.05) is 19.1 Å². The first-order valence-corrected chi connectivity index (χ1v) is 13.4. The summed E-state index contributed by atoms with van der Waals surface area (Å²) >= 11 is 0. The number of amides is 1. The molecule has 10 nitrogen and oxygen atoms in total. The molecule has 1 aliphatic rings. The van der Waals surface area contributed by atoms with Gasteiger partial charge in [0.05, 0.1) is 18.2 Å². The first kappa shape index (κ1) is 25.5.